The molecule has 0 unspecified atom stereocenters. The topological polar surface area (TPSA) is 93.4 Å². The van der Waals surface area contributed by atoms with Gasteiger partial charge >= 0.3 is 0 Å². The SMILES string of the molecule is Cc1cc(CNC(=O)/C(O)=C/C#N)cc2c1C(=O)N(C(C)C)C2. The van der Waals surface area contributed by atoms with Gasteiger partial charge in [0.2, 0.25) is 0 Å². The van der Waals surface area contributed by atoms with Gasteiger partial charge in [0.25, 0.3) is 11.8 Å². The molecule has 0 aromatic heterocycles. The van der Waals surface area contributed by atoms with Crippen molar-refractivity contribution < 1.29 is 14.7 Å². The summed E-state index contributed by atoms with van der Waals surface area (Å²) in [7, 11) is 0. The van der Waals surface area contributed by atoms with Crippen molar-refractivity contribution in [1.29, 1.82) is 5.26 Å². The predicted molar refractivity (Wildman–Crippen MR) is 84.4 cm³/mol. The van der Waals surface area contributed by atoms with E-state index >= 15 is 0 Å². The number of hydrogen-bond donors (Lipinski definition) is 2. The first-order valence-electron chi connectivity index (χ1n) is 7.35. The third-order valence-electron chi connectivity index (χ3n) is 3.80. The van der Waals surface area contributed by atoms with Crippen LogP contribution in [0.3, 0.4) is 0 Å². The largest absolute Gasteiger partial charge is 0.503 e. The van der Waals surface area contributed by atoms with Crippen LogP contribution in [-0.2, 0) is 17.9 Å². The second-order valence-corrected chi connectivity index (χ2v) is 5.81. The van der Waals surface area contributed by atoms with Gasteiger partial charge in [0.05, 0.1) is 12.1 Å². The Morgan fingerprint density at radius 2 is 2.22 bits per heavy atom. The quantitative estimate of drug-likeness (QED) is 0.504. The highest BCUT2D eigenvalue weighted by Gasteiger charge is 2.30. The van der Waals surface area contributed by atoms with Gasteiger partial charge in [0.15, 0.2) is 5.76 Å². The van der Waals surface area contributed by atoms with Gasteiger partial charge in [-0.3, -0.25) is 9.59 Å². The highest BCUT2D eigenvalue weighted by Crippen LogP contribution is 2.28. The number of nitriles is 1. The molecule has 2 rings (SSSR count). The molecule has 1 aromatic rings. The lowest BCUT2D eigenvalue weighted by Gasteiger charge is -2.19. The number of amides is 2. The molecule has 0 atom stereocenters. The third kappa shape index (κ3) is 3.34. The molecule has 120 valence electrons. The van der Waals surface area contributed by atoms with Crippen LogP contribution in [0.4, 0.5) is 0 Å². The number of carbonyl (C=O) groups excluding carboxylic acids is 2. The number of nitrogens with zero attached hydrogens (tertiary/aromatic N) is 2. The molecule has 6 nitrogen and oxygen atoms in total. The molecule has 0 saturated carbocycles. The summed E-state index contributed by atoms with van der Waals surface area (Å²) in [6, 6.07) is 5.47. The molecular formula is C17H19N3O3. The van der Waals surface area contributed by atoms with E-state index in [-0.39, 0.29) is 18.5 Å². The summed E-state index contributed by atoms with van der Waals surface area (Å²) in [5, 5.41) is 20.3. The second-order valence-electron chi connectivity index (χ2n) is 5.81. The lowest BCUT2D eigenvalue weighted by molar-refractivity contribution is -0.120. The van der Waals surface area contributed by atoms with E-state index in [1.54, 1.807) is 6.07 Å². The molecule has 1 aliphatic rings. The van der Waals surface area contributed by atoms with Crippen LogP contribution in [0, 0.1) is 18.3 Å². The zero-order chi connectivity index (χ0) is 17.1. The maximum Gasteiger partial charge on any atom is 0.287 e. The van der Waals surface area contributed by atoms with Crippen molar-refractivity contribution >= 4 is 11.8 Å². The molecule has 23 heavy (non-hydrogen) atoms. The molecule has 0 bridgehead atoms. The van der Waals surface area contributed by atoms with Crippen molar-refractivity contribution in [1.82, 2.24) is 10.2 Å². The Balaban J connectivity index is 2.17. The average molecular weight is 313 g/mol. The summed E-state index contributed by atoms with van der Waals surface area (Å²) in [6.07, 6.45) is 0.780. The number of nitrogens with one attached hydrogen (secondary N) is 1. The van der Waals surface area contributed by atoms with Crippen LogP contribution < -0.4 is 5.32 Å². The van der Waals surface area contributed by atoms with Crippen LogP contribution in [0.2, 0.25) is 0 Å². The zero-order valence-corrected chi connectivity index (χ0v) is 13.4. The van der Waals surface area contributed by atoms with Crippen LogP contribution in [-0.4, -0.2) is 27.9 Å². The Bertz CT molecular complexity index is 729. The van der Waals surface area contributed by atoms with Crippen molar-refractivity contribution in [3.05, 3.63) is 46.2 Å². The molecule has 0 aliphatic carbocycles. The smallest absolute Gasteiger partial charge is 0.287 e. The lowest BCUT2D eigenvalue weighted by atomic mass is 10.0. The Labute approximate surface area is 135 Å². The van der Waals surface area contributed by atoms with Crippen molar-refractivity contribution in [2.24, 2.45) is 0 Å². The summed E-state index contributed by atoms with van der Waals surface area (Å²) in [4.78, 5) is 25.8. The number of aliphatic hydroxyl groups is 1. The molecule has 2 amide bonds. The Kier molecular flexibility index (Phi) is 4.70. The fraction of sp³-hybridized carbons (Fsp3) is 0.353. The van der Waals surface area contributed by atoms with E-state index in [1.807, 2.05) is 37.8 Å². The number of fused-ring (bicyclic) bond motifs is 1. The Morgan fingerprint density at radius 1 is 1.52 bits per heavy atom. The van der Waals surface area contributed by atoms with Crippen LogP contribution in [0.25, 0.3) is 0 Å². The van der Waals surface area contributed by atoms with E-state index in [1.165, 1.54) is 0 Å². The summed E-state index contributed by atoms with van der Waals surface area (Å²) in [5.74, 6) is -1.28. The normalized spacial score (nSPS) is 14.0. The highest BCUT2D eigenvalue weighted by atomic mass is 16.3. The second kappa shape index (κ2) is 6.53. The van der Waals surface area contributed by atoms with E-state index < -0.39 is 11.7 Å². The van der Waals surface area contributed by atoms with Gasteiger partial charge in [-0.05, 0) is 37.5 Å². The molecular weight excluding hydrogens is 294 g/mol. The molecule has 0 saturated heterocycles. The van der Waals surface area contributed by atoms with Gasteiger partial charge in [-0.2, -0.15) is 5.26 Å². The predicted octanol–water partition coefficient (Wildman–Crippen LogP) is 1.94. The van der Waals surface area contributed by atoms with Crippen molar-refractivity contribution in [3.63, 3.8) is 0 Å². The van der Waals surface area contributed by atoms with Gasteiger partial charge in [-0.15, -0.1) is 0 Å². The minimum atomic E-state index is -0.704. The number of hydrogen-bond acceptors (Lipinski definition) is 4. The summed E-state index contributed by atoms with van der Waals surface area (Å²) >= 11 is 0. The van der Waals surface area contributed by atoms with Crippen LogP contribution in [0.15, 0.2) is 24.0 Å². The molecule has 1 heterocycles. The number of aliphatic hydroxyl groups excluding tert-OH is 1. The van der Waals surface area contributed by atoms with Crippen molar-refractivity contribution in [2.75, 3.05) is 0 Å². The maximum absolute atomic E-state index is 12.4. The molecule has 0 spiro atoms. The lowest BCUT2D eigenvalue weighted by Crippen LogP contribution is -2.30. The van der Waals surface area contributed by atoms with Crippen molar-refractivity contribution in [2.45, 2.75) is 39.9 Å². The van der Waals surface area contributed by atoms with E-state index in [4.69, 9.17) is 5.26 Å². The van der Waals surface area contributed by atoms with E-state index in [0.29, 0.717) is 6.54 Å². The van der Waals surface area contributed by atoms with Gasteiger partial charge < -0.3 is 15.3 Å². The molecule has 0 radical (unpaired) electrons. The fourth-order valence-corrected chi connectivity index (χ4v) is 2.69. The van der Waals surface area contributed by atoms with Gasteiger partial charge in [0, 0.05) is 24.7 Å². The minimum absolute atomic E-state index is 0.0395. The fourth-order valence-electron chi connectivity index (χ4n) is 2.69. The number of allylic oxidation sites excluding steroid dienone is 1. The maximum atomic E-state index is 12.4. The minimum Gasteiger partial charge on any atom is -0.503 e. The number of benzene rings is 1. The number of aryl methyl sites for hydroxylation is 1. The summed E-state index contributed by atoms with van der Waals surface area (Å²) < 4.78 is 0. The van der Waals surface area contributed by atoms with Crippen LogP contribution >= 0.6 is 0 Å². The Morgan fingerprint density at radius 3 is 2.83 bits per heavy atom. The van der Waals surface area contributed by atoms with Crippen LogP contribution in [0.5, 0.6) is 0 Å². The first-order valence-corrected chi connectivity index (χ1v) is 7.35. The van der Waals surface area contributed by atoms with E-state index in [2.05, 4.69) is 5.32 Å². The first-order chi connectivity index (χ1) is 10.8. The monoisotopic (exact) mass is 313 g/mol. The van der Waals surface area contributed by atoms with Gasteiger partial charge in [0.1, 0.15) is 0 Å². The average Bonchev–Trinajstić information content (AvgIpc) is 2.82. The molecule has 6 heteroatoms. The summed E-state index contributed by atoms with van der Waals surface area (Å²) in [5.41, 5.74) is 3.40. The van der Waals surface area contributed by atoms with Crippen LogP contribution in [0.1, 0.15) is 40.9 Å². The van der Waals surface area contributed by atoms with E-state index in [0.717, 1.165) is 28.3 Å². The molecule has 0 fully saturated rings. The number of carbonyl (C=O) groups is 2. The molecule has 1 aromatic carbocycles. The third-order valence-corrected chi connectivity index (χ3v) is 3.80. The molecule has 1 aliphatic heterocycles. The summed E-state index contributed by atoms with van der Waals surface area (Å²) in [6.45, 7) is 6.61. The Hall–Kier alpha value is -2.81. The zero-order valence-electron chi connectivity index (χ0n) is 13.4. The van der Waals surface area contributed by atoms with Gasteiger partial charge in [-0.1, -0.05) is 12.1 Å². The first kappa shape index (κ1) is 16.6. The van der Waals surface area contributed by atoms with Gasteiger partial charge in [-0.25, -0.2) is 0 Å². The highest BCUT2D eigenvalue weighted by molar-refractivity contribution is 6.00. The van der Waals surface area contributed by atoms with E-state index in [9.17, 15) is 14.7 Å². The number of rotatable bonds is 4. The molecule has 2 N–H and O–H groups in total. The van der Waals surface area contributed by atoms with Crippen molar-refractivity contribution in [3.8, 4) is 6.07 Å². The standard InChI is InChI=1S/C17H19N3O3/c1-10(2)20-9-13-7-12(6-11(3)15(13)17(20)23)8-19-16(22)14(21)4-5-18/h4,6-7,10,21H,8-9H2,1-3H3,(H,19,22)/b14-4-.